The van der Waals surface area contributed by atoms with Gasteiger partial charge in [0.25, 0.3) is 0 Å². The standard InChI is InChI=1S/C11H9N5O3/c12-7-9-1-3-10(4-2-9)19-6-5-15-8-13-11(14-15)16(17)18/h1-4,8H,5-6H2. The topological polar surface area (TPSA) is 107 Å². The molecule has 0 aliphatic carbocycles. The van der Waals surface area contributed by atoms with Crippen LogP contribution >= 0.6 is 0 Å². The lowest BCUT2D eigenvalue weighted by molar-refractivity contribution is -0.394. The largest absolute Gasteiger partial charge is 0.492 e. The number of benzene rings is 1. The molecule has 8 nitrogen and oxygen atoms in total. The van der Waals surface area contributed by atoms with Gasteiger partial charge in [0.2, 0.25) is 6.33 Å². The Bertz CT molecular complexity index is 614. The van der Waals surface area contributed by atoms with E-state index in [1.165, 1.54) is 11.0 Å². The van der Waals surface area contributed by atoms with E-state index in [1.807, 2.05) is 6.07 Å². The van der Waals surface area contributed by atoms with Gasteiger partial charge in [-0.15, -0.1) is 0 Å². The first-order chi connectivity index (χ1) is 9.19. The van der Waals surface area contributed by atoms with Crippen LogP contribution in [-0.2, 0) is 6.54 Å². The van der Waals surface area contributed by atoms with Crippen molar-refractivity contribution in [3.8, 4) is 11.8 Å². The van der Waals surface area contributed by atoms with Gasteiger partial charge in [-0.2, -0.15) is 9.94 Å². The SMILES string of the molecule is N#Cc1ccc(OCCn2cnc([N+](=O)[O-])n2)cc1. The lowest BCUT2D eigenvalue weighted by atomic mass is 10.2. The molecule has 1 aromatic heterocycles. The Morgan fingerprint density at radius 2 is 2.16 bits per heavy atom. The molecule has 0 atom stereocenters. The highest BCUT2D eigenvalue weighted by atomic mass is 16.6. The summed E-state index contributed by atoms with van der Waals surface area (Å²) in [5.74, 6) is 0.187. The van der Waals surface area contributed by atoms with E-state index in [1.54, 1.807) is 24.3 Å². The molecule has 0 unspecified atom stereocenters. The monoisotopic (exact) mass is 259 g/mol. The van der Waals surface area contributed by atoms with Crippen LogP contribution in [0.15, 0.2) is 30.6 Å². The van der Waals surface area contributed by atoms with E-state index in [9.17, 15) is 10.1 Å². The molecule has 0 radical (unpaired) electrons. The molecule has 96 valence electrons. The summed E-state index contributed by atoms with van der Waals surface area (Å²) in [5, 5.41) is 22.7. The molecule has 0 N–H and O–H groups in total. The van der Waals surface area contributed by atoms with E-state index in [2.05, 4.69) is 10.1 Å². The predicted octanol–water partition coefficient (Wildman–Crippen LogP) is 1.14. The van der Waals surface area contributed by atoms with Gasteiger partial charge >= 0.3 is 5.95 Å². The first-order valence-corrected chi connectivity index (χ1v) is 5.36. The zero-order valence-corrected chi connectivity index (χ0v) is 9.76. The zero-order valence-electron chi connectivity index (χ0n) is 9.76. The van der Waals surface area contributed by atoms with Crippen LogP contribution in [0.2, 0.25) is 0 Å². The van der Waals surface area contributed by atoms with Gasteiger partial charge in [-0.25, -0.2) is 0 Å². The maximum atomic E-state index is 10.4. The van der Waals surface area contributed by atoms with E-state index >= 15 is 0 Å². The van der Waals surface area contributed by atoms with Gasteiger partial charge in [-0.05, 0) is 29.2 Å². The maximum absolute atomic E-state index is 10.4. The van der Waals surface area contributed by atoms with Crippen molar-refractivity contribution in [3.05, 3.63) is 46.3 Å². The fourth-order valence-corrected chi connectivity index (χ4v) is 1.36. The van der Waals surface area contributed by atoms with Crippen LogP contribution in [0.5, 0.6) is 5.75 Å². The third-order valence-corrected chi connectivity index (χ3v) is 2.26. The third kappa shape index (κ3) is 3.26. The number of hydrogen-bond donors (Lipinski definition) is 0. The van der Waals surface area contributed by atoms with Crippen molar-refractivity contribution in [2.75, 3.05) is 6.61 Å². The summed E-state index contributed by atoms with van der Waals surface area (Å²) in [5.41, 5.74) is 0.555. The van der Waals surface area contributed by atoms with Gasteiger partial charge in [0.1, 0.15) is 12.4 Å². The maximum Gasteiger partial charge on any atom is 0.490 e. The lowest BCUT2D eigenvalue weighted by Crippen LogP contribution is -2.08. The number of aromatic nitrogens is 3. The van der Waals surface area contributed by atoms with Crippen molar-refractivity contribution >= 4 is 5.95 Å². The highest BCUT2D eigenvalue weighted by Gasteiger charge is 2.12. The van der Waals surface area contributed by atoms with Crippen LogP contribution in [0.4, 0.5) is 5.95 Å². The summed E-state index contributed by atoms with van der Waals surface area (Å²) in [4.78, 5) is 13.2. The molecular weight excluding hydrogens is 250 g/mol. The molecule has 0 saturated carbocycles. The zero-order chi connectivity index (χ0) is 13.7. The number of nitrogens with zero attached hydrogens (tertiary/aromatic N) is 5. The molecule has 0 aliphatic heterocycles. The fourth-order valence-electron chi connectivity index (χ4n) is 1.36. The van der Waals surface area contributed by atoms with Crippen molar-refractivity contribution in [1.29, 1.82) is 5.26 Å². The lowest BCUT2D eigenvalue weighted by Gasteiger charge is -2.04. The Morgan fingerprint density at radius 1 is 1.42 bits per heavy atom. The normalized spacial score (nSPS) is 9.84. The van der Waals surface area contributed by atoms with Gasteiger partial charge in [0, 0.05) is 5.10 Å². The Hall–Kier alpha value is -2.95. The Balaban J connectivity index is 1.85. The summed E-state index contributed by atoms with van der Waals surface area (Å²) in [6.45, 7) is 0.646. The Kier molecular flexibility index (Phi) is 3.68. The molecule has 0 saturated heterocycles. The van der Waals surface area contributed by atoms with Crippen LogP contribution in [0.1, 0.15) is 5.56 Å². The van der Waals surface area contributed by atoms with Crippen molar-refractivity contribution in [2.24, 2.45) is 0 Å². The molecular formula is C11H9N5O3. The Labute approximate surface area is 108 Å². The van der Waals surface area contributed by atoms with E-state index in [-0.39, 0.29) is 0 Å². The molecule has 0 bridgehead atoms. The van der Waals surface area contributed by atoms with Crippen LogP contribution in [0.25, 0.3) is 0 Å². The van der Waals surface area contributed by atoms with E-state index in [0.717, 1.165) is 0 Å². The van der Waals surface area contributed by atoms with E-state index in [4.69, 9.17) is 10.00 Å². The molecule has 0 aliphatic rings. The van der Waals surface area contributed by atoms with Crippen molar-refractivity contribution in [1.82, 2.24) is 14.8 Å². The van der Waals surface area contributed by atoms with Gasteiger partial charge in [-0.3, -0.25) is 0 Å². The minimum absolute atomic E-state index is 0.298. The highest BCUT2D eigenvalue weighted by Crippen LogP contribution is 2.11. The Morgan fingerprint density at radius 3 is 2.74 bits per heavy atom. The molecule has 2 aromatic rings. The molecule has 1 heterocycles. The molecule has 19 heavy (non-hydrogen) atoms. The summed E-state index contributed by atoms with van der Waals surface area (Å²) >= 11 is 0. The average molecular weight is 259 g/mol. The van der Waals surface area contributed by atoms with Gasteiger partial charge in [0.05, 0.1) is 18.2 Å². The number of nitro groups is 1. The van der Waals surface area contributed by atoms with Crippen LogP contribution in [-0.4, -0.2) is 26.3 Å². The molecule has 0 amide bonds. The quantitative estimate of drug-likeness (QED) is 0.588. The third-order valence-electron chi connectivity index (χ3n) is 2.26. The molecule has 0 spiro atoms. The first kappa shape index (κ1) is 12.5. The highest BCUT2D eigenvalue weighted by molar-refractivity contribution is 5.34. The van der Waals surface area contributed by atoms with Crippen molar-refractivity contribution in [2.45, 2.75) is 6.54 Å². The van der Waals surface area contributed by atoms with Crippen molar-refractivity contribution in [3.63, 3.8) is 0 Å². The van der Waals surface area contributed by atoms with E-state index in [0.29, 0.717) is 24.5 Å². The summed E-state index contributed by atoms with van der Waals surface area (Å²) in [6, 6.07) is 8.67. The number of hydrogen-bond acceptors (Lipinski definition) is 6. The molecule has 1 aromatic carbocycles. The average Bonchev–Trinajstić information content (AvgIpc) is 2.89. The smallest absolute Gasteiger partial charge is 0.490 e. The second-order valence-corrected chi connectivity index (χ2v) is 3.55. The van der Waals surface area contributed by atoms with Crippen LogP contribution < -0.4 is 4.74 Å². The minimum atomic E-state index is -0.655. The second-order valence-electron chi connectivity index (χ2n) is 3.55. The van der Waals surface area contributed by atoms with Crippen molar-refractivity contribution < 1.29 is 9.66 Å². The minimum Gasteiger partial charge on any atom is -0.492 e. The summed E-state index contributed by atoms with van der Waals surface area (Å²) in [6.07, 6.45) is 1.28. The van der Waals surface area contributed by atoms with Gasteiger partial charge in [0.15, 0.2) is 0 Å². The van der Waals surface area contributed by atoms with Gasteiger partial charge < -0.3 is 14.9 Å². The summed E-state index contributed by atoms with van der Waals surface area (Å²) in [7, 11) is 0. The molecule has 0 fully saturated rings. The number of nitriles is 1. The summed E-state index contributed by atoms with van der Waals surface area (Å²) < 4.78 is 6.75. The fraction of sp³-hybridized carbons (Fsp3) is 0.182. The number of ether oxygens (including phenoxy) is 1. The second kappa shape index (κ2) is 5.59. The number of rotatable bonds is 5. The first-order valence-electron chi connectivity index (χ1n) is 5.36. The molecule has 2 rings (SSSR count). The predicted molar refractivity (Wildman–Crippen MR) is 63.3 cm³/mol. The molecule has 8 heteroatoms. The van der Waals surface area contributed by atoms with E-state index < -0.39 is 10.9 Å². The van der Waals surface area contributed by atoms with Crippen LogP contribution in [0, 0.1) is 21.4 Å². The van der Waals surface area contributed by atoms with Crippen LogP contribution in [0.3, 0.4) is 0 Å². The van der Waals surface area contributed by atoms with Gasteiger partial charge in [-0.1, -0.05) is 4.98 Å².